The first-order valence-electron chi connectivity index (χ1n) is 5.65. The van der Waals surface area contributed by atoms with Crippen LogP contribution in [0, 0.1) is 17.8 Å². The van der Waals surface area contributed by atoms with Gasteiger partial charge in [-0.05, 0) is 18.8 Å². The number of hydrogen-bond acceptors (Lipinski definition) is 2. The van der Waals surface area contributed by atoms with Gasteiger partial charge in [-0.15, -0.1) is 12.3 Å². The van der Waals surface area contributed by atoms with Gasteiger partial charge in [-0.2, -0.15) is 12.6 Å². The zero-order valence-corrected chi connectivity index (χ0v) is 11.7. The number of thiol groups is 1. The van der Waals surface area contributed by atoms with Crippen LogP contribution in [-0.4, -0.2) is 17.2 Å². The van der Waals surface area contributed by atoms with Gasteiger partial charge in [-0.3, -0.25) is 4.79 Å². The third kappa shape index (κ3) is 6.79. The highest BCUT2D eigenvalue weighted by atomic mass is 32.1. The van der Waals surface area contributed by atoms with Crippen LogP contribution in [0.2, 0.25) is 0 Å². The molecule has 0 aliphatic heterocycles. The first-order chi connectivity index (χ1) is 7.22. The third-order valence-electron chi connectivity index (χ3n) is 2.43. The molecule has 0 saturated carbocycles. The topological polar surface area (TPSA) is 29.1 Å². The highest BCUT2D eigenvalue weighted by molar-refractivity contribution is 7.81. The van der Waals surface area contributed by atoms with Crippen LogP contribution in [0.3, 0.4) is 0 Å². The van der Waals surface area contributed by atoms with Crippen LogP contribution in [0.15, 0.2) is 0 Å². The van der Waals surface area contributed by atoms with E-state index in [0.29, 0.717) is 13.0 Å². The molecule has 0 aromatic carbocycles. The van der Waals surface area contributed by atoms with Crippen LogP contribution in [-0.2, 0) is 4.79 Å². The summed E-state index contributed by atoms with van der Waals surface area (Å²) < 4.78 is -0.217. The Kier molecular flexibility index (Phi) is 5.96. The van der Waals surface area contributed by atoms with Crippen molar-refractivity contribution in [1.82, 2.24) is 5.32 Å². The Labute approximate surface area is 105 Å². The van der Waals surface area contributed by atoms with Crippen LogP contribution >= 0.6 is 12.6 Å². The molecule has 1 amide bonds. The standard InChI is InChI=1S/C13H23NOS/c1-6-8-12(3,4)9-13(5,16)10-14-11(15)7-2/h1,16H,7-10H2,2-5H3,(H,14,15). The minimum absolute atomic E-state index is 0.0577. The van der Waals surface area contributed by atoms with Crippen molar-refractivity contribution in [3.63, 3.8) is 0 Å². The quantitative estimate of drug-likeness (QED) is 0.543. The highest BCUT2D eigenvalue weighted by Gasteiger charge is 2.29. The maximum atomic E-state index is 11.2. The van der Waals surface area contributed by atoms with Crippen LogP contribution in [0.25, 0.3) is 0 Å². The van der Waals surface area contributed by atoms with Gasteiger partial charge in [0.15, 0.2) is 0 Å². The zero-order chi connectivity index (χ0) is 12.8. The molecule has 0 saturated heterocycles. The molecule has 0 rings (SSSR count). The fourth-order valence-corrected chi connectivity index (χ4v) is 2.35. The Morgan fingerprint density at radius 2 is 2.00 bits per heavy atom. The molecule has 2 nitrogen and oxygen atoms in total. The normalized spacial score (nSPS) is 15.0. The van der Waals surface area contributed by atoms with E-state index in [1.165, 1.54) is 0 Å². The lowest BCUT2D eigenvalue weighted by atomic mass is 9.80. The van der Waals surface area contributed by atoms with Crippen molar-refractivity contribution in [3.8, 4) is 12.3 Å². The molecule has 0 aromatic rings. The molecule has 3 heteroatoms. The van der Waals surface area contributed by atoms with E-state index in [1.54, 1.807) is 0 Å². The van der Waals surface area contributed by atoms with Gasteiger partial charge >= 0.3 is 0 Å². The molecule has 1 N–H and O–H groups in total. The van der Waals surface area contributed by atoms with Crippen molar-refractivity contribution in [3.05, 3.63) is 0 Å². The summed E-state index contributed by atoms with van der Waals surface area (Å²) in [5, 5.41) is 2.87. The monoisotopic (exact) mass is 241 g/mol. The van der Waals surface area contributed by atoms with Crippen LogP contribution in [0.5, 0.6) is 0 Å². The summed E-state index contributed by atoms with van der Waals surface area (Å²) in [7, 11) is 0. The van der Waals surface area contributed by atoms with E-state index >= 15 is 0 Å². The van der Waals surface area contributed by atoms with E-state index in [2.05, 4.69) is 37.7 Å². The summed E-state index contributed by atoms with van der Waals surface area (Å²) in [6.45, 7) is 8.71. The predicted molar refractivity (Wildman–Crippen MR) is 72.5 cm³/mol. The van der Waals surface area contributed by atoms with E-state index < -0.39 is 0 Å². The Hall–Kier alpha value is -0.620. The maximum absolute atomic E-state index is 11.2. The summed E-state index contributed by atoms with van der Waals surface area (Å²) in [5.74, 6) is 2.75. The second-order valence-electron chi connectivity index (χ2n) is 5.35. The van der Waals surface area contributed by atoms with Gasteiger partial charge in [0.05, 0.1) is 0 Å². The van der Waals surface area contributed by atoms with E-state index in [1.807, 2.05) is 13.8 Å². The second-order valence-corrected chi connectivity index (χ2v) is 6.43. The SMILES string of the molecule is C#CCC(C)(C)CC(C)(S)CNC(=O)CC. The molecule has 0 fully saturated rings. The number of nitrogens with one attached hydrogen (secondary N) is 1. The number of rotatable bonds is 6. The minimum Gasteiger partial charge on any atom is -0.355 e. The van der Waals surface area contributed by atoms with Gasteiger partial charge in [0.1, 0.15) is 0 Å². The van der Waals surface area contributed by atoms with E-state index in [4.69, 9.17) is 6.42 Å². The molecule has 0 spiro atoms. The maximum Gasteiger partial charge on any atom is 0.219 e. The van der Waals surface area contributed by atoms with Gasteiger partial charge in [0, 0.05) is 24.1 Å². The van der Waals surface area contributed by atoms with Gasteiger partial charge < -0.3 is 5.32 Å². The molecule has 0 radical (unpaired) electrons. The first kappa shape index (κ1) is 15.4. The van der Waals surface area contributed by atoms with Crippen molar-refractivity contribution in [2.75, 3.05) is 6.54 Å². The number of carbonyl (C=O) groups is 1. The molecule has 1 atom stereocenters. The number of amides is 1. The molecular weight excluding hydrogens is 218 g/mol. The molecule has 0 aliphatic rings. The Morgan fingerprint density at radius 3 is 2.44 bits per heavy atom. The Balaban J connectivity index is 4.24. The summed E-state index contributed by atoms with van der Waals surface area (Å²) in [6.07, 6.45) is 7.44. The smallest absolute Gasteiger partial charge is 0.219 e. The lowest BCUT2D eigenvalue weighted by molar-refractivity contribution is -0.120. The summed E-state index contributed by atoms with van der Waals surface area (Å²) in [5.41, 5.74) is 0.0577. The number of hydrogen-bond donors (Lipinski definition) is 2. The molecule has 0 heterocycles. The van der Waals surface area contributed by atoms with Crippen molar-refractivity contribution in [2.24, 2.45) is 5.41 Å². The Bertz CT molecular complexity index is 276. The van der Waals surface area contributed by atoms with E-state index in [0.717, 1.165) is 12.8 Å². The largest absolute Gasteiger partial charge is 0.355 e. The van der Waals surface area contributed by atoms with Gasteiger partial charge in [-0.25, -0.2) is 0 Å². The molecular formula is C13H23NOS. The van der Waals surface area contributed by atoms with Crippen molar-refractivity contribution >= 4 is 18.5 Å². The van der Waals surface area contributed by atoms with E-state index in [9.17, 15) is 4.79 Å². The van der Waals surface area contributed by atoms with Gasteiger partial charge in [-0.1, -0.05) is 20.8 Å². The Morgan fingerprint density at radius 1 is 1.44 bits per heavy atom. The molecule has 0 bridgehead atoms. The van der Waals surface area contributed by atoms with E-state index in [-0.39, 0.29) is 16.1 Å². The van der Waals surface area contributed by atoms with Crippen molar-refractivity contribution < 1.29 is 4.79 Å². The molecule has 0 aromatic heterocycles. The summed E-state index contributed by atoms with van der Waals surface area (Å²) in [6, 6.07) is 0. The lowest BCUT2D eigenvalue weighted by Crippen LogP contribution is -2.39. The van der Waals surface area contributed by atoms with Gasteiger partial charge in [0.25, 0.3) is 0 Å². The number of carbonyl (C=O) groups excluding carboxylic acids is 1. The van der Waals surface area contributed by atoms with Crippen LogP contribution in [0.4, 0.5) is 0 Å². The van der Waals surface area contributed by atoms with Crippen molar-refractivity contribution in [1.29, 1.82) is 0 Å². The van der Waals surface area contributed by atoms with Gasteiger partial charge in [0.2, 0.25) is 5.91 Å². The first-order valence-corrected chi connectivity index (χ1v) is 6.10. The second kappa shape index (κ2) is 6.20. The number of terminal acetylenes is 1. The fraction of sp³-hybridized carbons (Fsp3) is 0.769. The highest BCUT2D eigenvalue weighted by Crippen LogP contribution is 2.34. The molecule has 0 aliphatic carbocycles. The molecule has 16 heavy (non-hydrogen) atoms. The predicted octanol–water partition coefficient (Wildman–Crippen LogP) is 2.64. The summed E-state index contributed by atoms with van der Waals surface area (Å²) >= 11 is 4.60. The lowest BCUT2D eigenvalue weighted by Gasteiger charge is -2.33. The average molecular weight is 241 g/mol. The molecule has 92 valence electrons. The average Bonchev–Trinajstić information content (AvgIpc) is 2.12. The minimum atomic E-state index is -0.217. The van der Waals surface area contributed by atoms with Crippen LogP contribution < -0.4 is 5.32 Å². The van der Waals surface area contributed by atoms with Crippen LogP contribution in [0.1, 0.15) is 47.0 Å². The third-order valence-corrected chi connectivity index (χ3v) is 2.74. The molecule has 1 unspecified atom stereocenters. The van der Waals surface area contributed by atoms with Crippen molar-refractivity contribution in [2.45, 2.75) is 51.7 Å². The fourth-order valence-electron chi connectivity index (χ4n) is 1.85. The zero-order valence-electron chi connectivity index (χ0n) is 10.8. The summed E-state index contributed by atoms with van der Waals surface area (Å²) in [4.78, 5) is 11.2.